The van der Waals surface area contributed by atoms with E-state index in [2.05, 4.69) is 6.92 Å². The predicted molar refractivity (Wildman–Crippen MR) is 55.4 cm³/mol. The molecule has 0 N–H and O–H groups in total. The third-order valence-corrected chi connectivity index (χ3v) is 4.21. The average Bonchev–Trinajstić information content (AvgIpc) is 2.02. The molecular formula is C9H17ClO2S. The summed E-state index contributed by atoms with van der Waals surface area (Å²) in [6.45, 7) is 2.13. The van der Waals surface area contributed by atoms with Gasteiger partial charge in [0.05, 0.1) is 5.75 Å². The smallest absolute Gasteiger partial charge is 0.212 e. The zero-order valence-electron chi connectivity index (χ0n) is 8.00. The maximum atomic E-state index is 10.9. The number of rotatable bonds is 3. The summed E-state index contributed by atoms with van der Waals surface area (Å²) in [7, 11) is 1.97. The molecule has 0 saturated heterocycles. The summed E-state index contributed by atoms with van der Waals surface area (Å²) in [5.74, 6) is 1.05. The van der Waals surface area contributed by atoms with Crippen LogP contribution >= 0.6 is 10.7 Å². The van der Waals surface area contributed by atoms with Crippen LogP contribution in [0.1, 0.15) is 39.0 Å². The van der Waals surface area contributed by atoms with Crippen LogP contribution in [0.15, 0.2) is 0 Å². The first-order chi connectivity index (χ1) is 6.03. The second-order valence-electron chi connectivity index (χ2n) is 3.92. The fourth-order valence-corrected chi connectivity index (χ4v) is 3.73. The van der Waals surface area contributed by atoms with Crippen molar-refractivity contribution in [3.63, 3.8) is 0 Å². The van der Waals surface area contributed by atoms with Crippen molar-refractivity contribution in [1.29, 1.82) is 0 Å². The molecule has 0 aromatic rings. The Hall–Kier alpha value is 0.240. The molecule has 1 aliphatic carbocycles. The predicted octanol–water partition coefficient (Wildman–Crippen LogP) is 2.77. The minimum Gasteiger partial charge on any atom is -0.212 e. The van der Waals surface area contributed by atoms with Crippen molar-refractivity contribution >= 4 is 19.7 Å². The van der Waals surface area contributed by atoms with Gasteiger partial charge in [-0.15, -0.1) is 0 Å². The van der Waals surface area contributed by atoms with Crippen LogP contribution < -0.4 is 0 Å². The van der Waals surface area contributed by atoms with Crippen LogP contribution in [0, 0.1) is 11.8 Å². The Morgan fingerprint density at radius 3 is 2.23 bits per heavy atom. The Morgan fingerprint density at radius 2 is 1.77 bits per heavy atom. The molecule has 13 heavy (non-hydrogen) atoms. The van der Waals surface area contributed by atoms with Crippen molar-refractivity contribution in [2.24, 2.45) is 11.8 Å². The van der Waals surface area contributed by atoms with Crippen LogP contribution in [-0.4, -0.2) is 14.2 Å². The first-order valence-corrected chi connectivity index (χ1v) is 7.43. The highest BCUT2D eigenvalue weighted by molar-refractivity contribution is 8.13. The molecule has 1 saturated carbocycles. The molecule has 2 nitrogen and oxygen atoms in total. The number of hydrogen-bond acceptors (Lipinski definition) is 2. The standard InChI is InChI=1S/C9H17ClO2S/c1-2-8-5-3-4-6-9(8)7-13(10,11)12/h8-9H,2-7H2,1H3. The molecular weight excluding hydrogens is 208 g/mol. The van der Waals surface area contributed by atoms with Gasteiger partial charge in [0.15, 0.2) is 0 Å². The van der Waals surface area contributed by atoms with Gasteiger partial charge in [-0.2, -0.15) is 0 Å². The highest BCUT2D eigenvalue weighted by atomic mass is 35.7. The van der Waals surface area contributed by atoms with E-state index < -0.39 is 9.05 Å². The Bertz CT molecular complexity index is 248. The lowest BCUT2D eigenvalue weighted by Gasteiger charge is -2.29. The monoisotopic (exact) mass is 224 g/mol. The molecule has 0 heterocycles. The quantitative estimate of drug-likeness (QED) is 0.691. The van der Waals surface area contributed by atoms with Gasteiger partial charge in [-0.1, -0.05) is 32.6 Å². The normalized spacial score (nSPS) is 30.3. The fraction of sp³-hybridized carbons (Fsp3) is 1.00. The van der Waals surface area contributed by atoms with Crippen molar-refractivity contribution in [1.82, 2.24) is 0 Å². The third-order valence-electron chi connectivity index (χ3n) is 3.00. The number of halogens is 1. The maximum absolute atomic E-state index is 10.9. The summed E-state index contributed by atoms with van der Waals surface area (Å²) >= 11 is 0. The highest BCUT2D eigenvalue weighted by Gasteiger charge is 2.27. The van der Waals surface area contributed by atoms with E-state index in [9.17, 15) is 8.42 Å². The van der Waals surface area contributed by atoms with Gasteiger partial charge in [0.1, 0.15) is 0 Å². The van der Waals surface area contributed by atoms with Crippen LogP contribution in [0.4, 0.5) is 0 Å². The Kier molecular flexibility index (Phi) is 4.05. The van der Waals surface area contributed by atoms with E-state index in [0.29, 0.717) is 11.8 Å². The summed E-state index contributed by atoms with van der Waals surface area (Å²) in [6.07, 6.45) is 5.69. The van der Waals surface area contributed by atoms with E-state index in [-0.39, 0.29) is 5.75 Å². The zero-order chi connectivity index (χ0) is 9.90. The molecule has 2 atom stereocenters. The molecule has 0 bridgehead atoms. The van der Waals surface area contributed by atoms with Gasteiger partial charge in [-0.05, 0) is 18.3 Å². The van der Waals surface area contributed by atoms with E-state index >= 15 is 0 Å². The molecule has 0 aliphatic heterocycles. The second-order valence-corrected chi connectivity index (χ2v) is 6.74. The molecule has 1 aliphatic rings. The SMILES string of the molecule is CCC1CCCCC1CS(=O)(=O)Cl. The summed E-state index contributed by atoms with van der Waals surface area (Å²) in [5.41, 5.74) is 0. The summed E-state index contributed by atoms with van der Waals surface area (Å²) < 4.78 is 21.9. The van der Waals surface area contributed by atoms with E-state index in [1.807, 2.05) is 0 Å². The van der Waals surface area contributed by atoms with E-state index in [4.69, 9.17) is 10.7 Å². The van der Waals surface area contributed by atoms with E-state index in [0.717, 1.165) is 19.3 Å². The molecule has 1 fully saturated rings. The molecule has 0 spiro atoms. The summed E-state index contributed by atoms with van der Waals surface area (Å²) in [4.78, 5) is 0. The second kappa shape index (κ2) is 4.65. The summed E-state index contributed by atoms with van der Waals surface area (Å²) in [5, 5.41) is 0. The minimum absolute atomic E-state index is 0.174. The lowest BCUT2D eigenvalue weighted by atomic mass is 9.79. The van der Waals surface area contributed by atoms with E-state index in [1.54, 1.807) is 0 Å². The molecule has 0 radical (unpaired) electrons. The van der Waals surface area contributed by atoms with Gasteiger partial charge < -0.3 is 0 Å². The molecule has 0 aromatic heterocycles. The van der Waals surface area contributed by atoms with Crippen molar-refractivity contribution in [2.75, 3.05) is 5.75 Å². The molecule has 2 unspecified atom stereocenters. The van der Waals surface area contributed by atoms with Crippen molar-refractivity contribution in [3.05, 3.63) is 0 Å². The fourth-order valence-electron chi connectivity index (χ4n) is 2.30. The first-order valence-electron chi connectivity index (χ1n) is 4.95. The van der Waals surface area contributed by atoms with Gasteiger partial charge >= 0.3 is 0 Å². The van der Waals surface area contributed by atoms with Crippen LogP contribution in [-0.2, 0) is 9.05 Å². The highest BCUT2D eigenvalue weighted by Crippen LogP contribution is 2.33. The Balaban J connectivity index is 2.55. The van der Waals surface area contributed by atoms with Crippen LogP contribution in [0.2, 0.25) is 0 Å². The van der Waals surface area contributed by atoms with E-state index in [1.165, 1.54) is 12.8 Å². The van der Waals surface area contributed by atoms with Crippen molar-refractivity contribution in [3.8, 4) is 0 Å². The number of hydrogen-bond donors (Lipinski definition) is 0. The van der Waals surface area contributed by atoms with Crippen LogP contribution in [0.25, 0.3) is 0 Å². The molecule has 78 valence electrons. The Labute approximate surface area is 85.1 Å². The Morgan fingerprint density at radius 1 is 1.23 bits per heavy atom. The molecule has 4 heteroatoms. The molecule has 0 aromatic carbocycles. The maximum Gasteiger partial charge on any atom is 0.232 e. The van der Waals surface area contributed by atoms with Gasteiger partial charge in [-0.25, -0.2) is 8.42 Å². The largest absolute Gasteiger partial charge is 0.232 e. The average molecular weight is 225 g/mol. The van der Waals surface area contributed by atoms with Gasteiger partial charge in [0.2, 0.25) is 9.05 Å². The lowest BCUT2D eigenvalue weighted by Crippen LogP contribution is -2.24. The topological polar surface area (TPSA) is 34.1 Å². The van der Waals surface area contributed by atoms with Crippen LogP contribution in [0.3, 0.4) is 0 Å². The van der Waals surface area contributed by atoms with Crippen molar-refractivity contribution < 1.29 is 8.42 Å². The van der Waals surface area contributed by atoms with Gasteiger partial charge in [-0.3, -0.25) is 0 Å². The zero-order valence-corrected chi connectivity index (χ0v) is 9.57. The lowest BCUT2D eigenvalue weighted by molar-refractivity contribution is 0.252. The first kappa shape index (κ1) is 11.3. The third kappa shape index (κ3) is 3.86. The van der Waals surface area contributed by atoms with Gasteiger partial charge in [0.25, 0.3) is 0 Å². The van der Waals surface area contributed by atoms with Crippen molar-refractivity contribution in [2.45, 2.75) is 39.0 Å². The summed E-state index contributed by atoms with van der Waals surface area (Å²) in [6, 6.07) is 0. The van der Waals surface area contributed by atoms with Crippen LogP contribution in [0.5, 0.6) is 0 Å². The minimum atomic E-state index is -3.29. The molecule has 0 amide bonds. The molecule has 1 rings (SSSR count). The van der Waals surface area contributed by atoms with Gasteiger partial charge in [0, 0.05) is 10.7 Å².